The zero-order valence-electron chi connectivity index (χ0n) is 10.6. The number of ether oxygens (including phenoxy) is 1. The van der Waals surface area contributed by atoms with Crippen LogP contribution in [0.4, 0.5) is 0 Å². The number of nitrogens with zero attached hydrogens (tertiary/aromatic N) is 4. The molecule has 0 spiro atoms. The van der Waals surface area contributed by atoms with Crippen LogP contribution in [0.2, 0.25) is 0 Å². The smallest absolute Gasteiger partial charge is 0.140 e. The summed E-state index contributed by atoms with van der Waals surface area (Å²) in [5.74, 6) is 0.950. The minimum absolute atomic E-state index is 0.218. The highest BCUT2D eigenvalue weighted by molar-refractivity contribution is 5.24. The van der Waals surface area contributed by atoms with Crippen molar-refractivity contribution in [3.63, 3.8) is 0 Å². The molecule has 5 heteroatoms. The highest BCUT2D eigenvalue weighted by atomic mass is 16.5. The molecule has 0 amide bonds. The van der Waals surface area contributed by atoms with E-state index < -0.39 is 0 Å². The third-order valence-corrected chi connectivity index (χ3v) is 3.34. The van der Waals surface area contributed by atoms with Gasteiger partial charge in [0.2, 0.25) is 0 Å². The second kappa shape index (κ2) is 4.86. The molecule has 1 aliphatic rings. The second-order valence-electron chi connectivity index (χ2n) is 4.37. The van der Waals surface area contributed by atoms with Gasteiger partial charge in [0.1, 0.15) is 11.9 Å². The van der Waals surface area contributed by atoms with Gasteiger partial charge in [0, 0.05) is 20.1 Å². The van der Waals surface area contributed by atoms with E-state index >= 15 is 0 Å². The molecule has 92 valence electrons. The van der Waals surface area contributed by atoms with Crippen molar-refractivity contribution < 1.29 is 4.74 Å². The van der Waals surface area contributed by atoms with E-state index in [-0.39, 0.29) is 6.04 Å². The van der Waals surface area contributed by atoms with E-state index in [0.717, 1.165) is 30.3 Å². The van der Waals surface area contributed by atoms with Gasteiger partial charge in [-0.25, -0.2) is 4.98 Å². The van der Waals surface area contributed by atoms with Gasteiger partial charge < -0.3 is 9.30 Å². The Labute approximate surface area is 102 Å². The first-order valence-electron chi connectivity index (χ1n) is 5.86. The van der Waals surface area contributed by atoms with Crippen molar-refractivity contribution >= 4 is 0 Å². The van der Waals surface area contributed by atoms with E-state index in [0.29, 0.717) is 13.2 Å². The van der Waals surface area contributed by atoms with Crippen molar-refractivity contribution in [2.75, 3.05) is 26.3 Å². The van der Waals surface area contributed by atoms with E-state index in [4.69, 9.17) is 4.74 Å². The lowest BCUT2D eigenvalue weighted by atomic mass is 10.1. The Morgan fingerprint density at radius 2 is 2.00 bits per heavy atom. The summed E-state index contributed by atoms with van der Waals surface area (Å²) in [5.41, 5.74) is 1.95. The molecule has 17 heavy (non-hydrogen) atoms. The fraction of sp³-hybridized carbons (Fsp3) is 0.667. The molecule has 2 heterocycles. The molecule has 0 saturated carbocycles. The summed E-state index contributed by atoms with van der Waals surface area (Å²) < 4.78 is 7.34. The average molecular weight is 234 g/mol. The van der Waals surface area contributed by atoms with E-state index in [1.165, 1.54) is 0 Å². The lowest BCUT2D eigenvalue weighted by Crippen LogP contribution is -2.39. The first-order valence-corrected chi connectivity index (χ1v) is 5.86. The van der Waals surface area contributed by atoms with Gasteiger partial charge in [0.25, 0.3) is 0 Å². The summed E-state index contributed by atoms with van der Waals surface area (Å²) in [7, 11) is 1.97. The molecule has 0 radical (unpaired) electrons. The Balaban J connectivity index is 2.31. The number of hydrogen-bond donors (Lipinski definition) is 0. The summed E-state index contributed by atoms with van der Waals surface area (Å²) in [6.45, 7) is 6.95. The van der Waals surface area contributed by atoms with Gasteiger partial charge in [0.15, 0.2) is 0 Å². The fourth-order valence-electron chi connectivity index (χ4n) is 2.32. The third kappa shape index (κ3) is 2.19. The normalized spacial score (nSPS) is 18.9. The number of imidazole rings is 1. The molecular weight excluding hydrogens is 216 g/mol. The van der Waals surface area contributed by atoms with Crippen LogP contribution in [-0.2, 0) is 11.8 Å². The zero-order chi connectivity index (χ0) is 12.4. The van der Waals surface area contributed by atoms with Crippen LogP contribution in [0.3, 0.4) is 0 Å². The van der Waals surface area contributed by atoms with Crippen LogP contribution < -0.4 is 0 Å². The van der Waals surface area contributed by atoms with Crippen LogP contribution in [0, 0.1) is 25.2 Å². The first kappa shape index (κ1) is 12.1. The maximum Gasteiger partial charge on any atom is 0.140 e. The van der Waals surface area contributed by atoms with Crippen LogP contribution in [-0.4, -0.2) is 40.8 Å². The number of rotatable bonds is 2. The van der Waals surface area contributed by atoms with Crippen molar-refractivity contribution in [1.29, 1.82) is 5.26 Å². The molecule has 1 aromatic heterocycles. The molecule has 0 aliphatic carbocycles. The van der Waals surface area contributed by atoms with Crippen LogP contribution >= 0.6 is 0 Å². The molecule has 0 bridgehead atoms. The summed E-state index contributed by atoms with van der Waals surface area (Å²) in [6.07, 6.45) is 0. The summed E-state index contributed by atoms with van der Waals surface area (Å²) in [5, 5.41) is 9.42. The van der Waals surface area contributed by atoms with Crippen molar-refractivity contribution in [3.05, 3.63) is 17.2 Å². The summed E-state index contributed by atoms with van der Waals surface area (Å²) in [4.78, 5) is 6.59. The Hall–Kier alpha value is -1.38. The molecule has 0 aromatic carbocycles. The molecule has 1 aromatic rings. The van der Waals surface area contributed by atoms with Gasteiger partial charge >= 0.3 is 0 Å². The van der Waals surface area contributed by atoms with E-state index in [1.807, 2.05) is 25.5 Å². The summed E-state index contributed by atoms with van der Waals surface area (Å²) in [6, 6.07) is 2.18. The molecule has 1 aliphatic heterocycles. The predicted octanol–water partition coefficient (Wildman–Crippen LogP) is 0.934. The number of aryl methyl sites for hydroxylation is 2. The number of morpholine rings is 1. The fourth-order valence-corrected chi connectivity index (χ4v) is 2.32. The quantitative estimate of drug-likeness (QED) is 0.764. The van der Waals surface area contributed by atoms with Crippen molar-refractivity contribution in [2.24, 2.45) is 7.05 Å². The number of aromatic nitrogens is 2. The number of nitriles is 1. The second-order valence-corrected chi connectivity index (χ2v) is 4.37. The van der Waals surface area contributed by atoms with Crippen molar-refractivity contribution in [2.45, 2.75) is 19.9 Å². The standard InChI is InChI=1S/C12H18N4O/c1-9-12(15(3)10(2)14-9)11(8-13)16-4-6-17-7-5-16/h11H,4-7H2,1-3H3. The van der Waals surface area contributed by atoms with Crippen molar-refractivity contribution in [1.82, 2.24) is 14.5 Å². The zero-order valence-corrected chi connectivity index (χ0v) is 10.6. The molecule has 2 rings (SSSR count). The van der Waals surface area contributed by atoms with Gasteiger partial charge in [0.05, 0.1) is 30.7 Å². The molecule has 1 saturated heterocycles. The Bertz CT molecular complexity index is 440. The van der Waals surface area contributed by atoms with Gasteiger partial charge in [-0.2, -0.15) is 5.26 Å². The van der Waals surface area contributed by atoms with Gasteiger partial charge in [-0.3, -0.25) is 4.90 Å². The molecule has 1 unspecified atom stereocenters. The van der Waals surface area contributed by atoms with Gasteiger partial charge in [-0.15, -0.1) is 0 Å². The highest BCUT2D eigenvalue weighted by Crippen LogP contribution is 2.24. The lowest BCUT2D eigenvalue weighted by molar-refractivity contribution is 0.0254. The third-order valence-electron chi connectivity index (χ3n) is 3.34. The minimum atomic E-state index is -0.218. The Morgan fingerprint density at radius 1 is 1.35 bits per heavy atom. The monoisotopic (exact) mass is 234 g/mol. The lowest BCUT2D eigenvalue weighted by Gasteiger charge is -2.30. The highest BCUT2D eigenvalue weighted by Gasteiger charge is 2.27. The molecule has 1 atom stereocenters. The molecule has 1 fully saturated rings. The Morgan fingerprint density at radius 3 is 2.47 bits per heavy atom. The van der Waals surface area contributed by atoms with Crippen molar-refractivity contribution in [3.8, 4) is 6.07 Å². The molecule has 0 N–H and O–H groups in total. The topological polar surface area (TPSA) is 54.1 Å². The average Bonchev–Trinajstić information content (AvgIpc) is 2.58. The summed E-state index contributed by atoms with van der Waals surface area (Å²) >= 11 is 0. The largest absolute Gasteiger partial charge is 0.379 e. The van der Waals surface area contributed by atoms with Gasteiger partial charge in [-0.1, -0.05) is 0 Å². The number of hydrogen-bond acceptors (Lipinski definition) is 4. The van der Waals surface area contributed by atoms with Crippen LogP contribution in [0.15, 0.2) is 0 Å². The maximum absolute atomic E-state index is 9.42. The van der Waals surface area contributed by atoms with Crippen LogP contribution in [0.5, 0.6) is 0 Å². The van der Waals surface area contributed by atoms with E-state index in [1.54, 1.807) is 0 Å². The minimum Gasteiger partial charge on any atom is -0.379 e. The SMILES string of the molecule is Cc1nc(C)n(C)c1C(C#N)N1CCOCC1. The van der Waals surface area contributed by atoms with Crippen LogP contribution in [0.1, 0.15) is 23.3 Å². The predicted molar refractivity (Wildman–Crippen MR) is 63.4 cm³/mol. The maximum atomic E-state index is 9.42. The van der Waals surface area contributed by atoms with E-state index in [2.05, 4.69) is 16.0 Å². The Kier molecular flexibility index (Phi) is 3.46. The molecular formula is C12H18N4O. The van der Waals surface area contributed by atoms with E-state index in [9.17, 15) is 5.26 Å². The first-order chi connectivity index (χ1) is 8.15. The van der Waals surface area contributed by atoms with Gasteiger partial charge in [-0.05, 0) is 13.8 Å². The molecule has 5 nitrogen and oxygen atoms in total. The van der Waals surface area contributed by atoms with Crippen LogP contribution in [0.25, 0.3) is 0 Å².